The molecular weight excluding hydrogens is 438 g/mol. The van der Waals surface area contributed by atoms with E-state index in [1.54, 1.807) is 57.2 Å². The number of likely N-dealkylation sites (tertiary alicyclic amines) is 1. The maximum absolute atomic E-state index is 13.4. The van der Waals surface area contributed by atoms with Gasteiger partial charge in [0.1, 0.15) is 5.60 Å². The van der Waals surface area contributed by atoms with Gasteiger partial charge in [-0.3, -0.25) is 9.69 Å². The number of nitrogens with zero attached hydrogens (tertiary/aromatic N) is 1. The Hall–Kier alpha value is -3.94. The van der Waals surface area contributed by atoms with Gasteiger partial charge in [-0.25, -0.2) is 4.79 Å². The largest absolute Gasteiger partial charge is 0.504 e. The molecule has 0 atom stereocenters. The van der Waals surface area contributed by atoms with Crippen LogP contribution in [0.4, 0.5) is 4.79 Å². The van der Waals surface area contributed by atoms with Gasteiger partial charge in [0.25, 0.3) is 0 Å². The Bertz CT molecular complexity index is 1080. The van der Waals surface area contributed by atoms with Gasteiger partial charge in [0.15, 0.2) is 28.8 Å². The number of phenols is 2. The first-order chi connectivity index (χ1) is 16.0. The minimum atomic E-state index is -0.694. The van der Waals surface area contributed by atoms with Crippen molar-refractivity contribution < 1.29 is 34.0 Å². The van der Waals surface area contributed by atoms with E-state index in [0.717, 1.165) is 0 Å². The number of phenolic OH excluding ortho intramolecular Hbond substituents is 2. The molecule has 34 heavy (non-hydrogen) atoms. The third-order valence-electron chi connectivity index (χ3n) is 5.05. The summed E-state index contributed by atoms with van der Waals surface area (Å²) in [7, 11) is 2.88. The summed E-state index contributed by atoms with van der Waals surface area (Å²) in [6.07, 6.45) is 2.78. The van der Waals surface area contributed by atoms with Gasteiger partial charge in [0.05, 0.1) is 27.3 Å². The van der Waals surface area contributed by atoms with Gasteiger partial charge in [-0.1, -0.05) is 12.1 Å². The number of benzene rings is 2. The first-order valence-electron chi connectivity index (χ1n) is 10.7. The van der Waals surface area contributed by atoms with E-state index in [1.165, 1.54) is 31.3 Å². The average molecular weight is 468 g/mol. The quantitative estimate of drug-likeness (QED) is 0.642. The molecule has 0 aromatic heterocycles. The Morgan fingerprint density at radius 1 is 0.882 bits per heavy atom. The normalized spacial score (nSPS) is 16.6. The molecule has 2 aromatic rings. The van der Waals surface area contributed by atoms with Gasteiger partial charge in [0.2, 0.25) is 0 Å². The zero-order valence-corrected chi connectivity index (χ0v) is 19.9. The van der Waals surface area contributed by atoms with Gasteiger partial charge in [0, 0.05) is 11.1 Å². The highest BCUT2D eigenvalue weighted by Crippen LogP contribution is 2.31. The van der Waals surface area contributed by atoms with Crippen LogP contribution >= 0.6 is 0 Å². The molecule has 8 heteroatoms. The highest BCUT2D eigenvalue weighted by atomic mass is 16.6. The van der Waals surface area contributed by atoms with Crippen LogP contribution in [0, 0.1) is 0 Å². The fourth-order valence-electron chi connectivity index (χ4n) is 3.47. The zero-order chi connectivity index (χ0) is 25.0. The van der Waals surface area contributed by atoms with Crippen molar-refractivity contribution in [3.8, 4) is 23.0 Å². The van der Waals surface area contributed by atoms with Crippen LogP contribution in [0.3, 0.4) is 0 Å². The third-order valence-corrected chi connectivity index (χ3v) is 5.05. The van der Waals surface area contributed by atoms with Crippen LogP contribution in [-0.2, 0) is 9.53 Å². The zero-order valence-electron chi connectivity index (χ0n) is 19.9. The van der Waals surface area contributed by atoms with Crippen LogP contribution in [0.2, 0.25) is 0 Å². The number of rotatable bonds is 4. The molecule has 3 rings (SSSR count). The van der Waals surface area contributed by atoms with E-state index in [0.29, 0.717) is 22.3 Å². The van der Waals surface area contributed by atoms with Crippen LogP contribution in [0.25, 0.3) is 12.2 Å². The van der Waals surface area contributed by atoms with Crippen LogP contribution in [0.15, 0.2) is 47.5 Å². The number of methoxy groups -OCH3 is 2. The van der Waals surface area contributed by atoms with E-state index in [9.17, 15) is 19.8 Å². The number of aromatic hydroxyl groups is 2. The number of hydrogen-bond donors (Lipinski definition) is 2. The number of carbonyl (C=O) groups excluding carboxylic acids is 2. The maximum atomic E-state index is 13.4. The second kappa shape index (κ2) is 9.91. The van der Waals surface area contributed by atoms with Gasteiger partial charge in [-0.05, 0) is 68.3 Å². The lowest BCUT2D eigenvalue weighted by molar-refractivity contribution is -0.113. The molecule has 0 bridgehead atoms. The molecule has 180 valence electrons. The van der Waals surface area contributed by atoms with Crippen molar-refractivity contribution in [1.29, 1.82) is 0 Å². The van der Waals surface area contributed by atoms with Crippen molar-refractivity contribution in [2.75, 3.05) is 27.3 Å². The number of amides is 1. The summed E-state index contributed by atoms with van der Waals surface area (Å²) in [5, 5.41) is 19.7. The summed E-state index contributed by atoms with van der Waals surface area (Å²) in [5.41, 5.74) is 1.33. The molecule has 0 unspecified atom stereocenters. The summed E-state index contributed by atoms with van der Waals surface area (Å²) in [6.45, 7) is 5.46. The Balaban J connectivity index is 2.03. The topological polar surface area (TPSA) is 106 Å². The molecule has 1 amide bonds. The van der Waals surface area contributed by atoms with Gasteiger partial charge < -0.3 is 24.4 Å². The standard InChI is InChI=1S/C26H29NO7/c1-26(2,3)34-25(31)27-14-18(10-16-6-8-20(28)22(12-16)32-4)24(30)19(15-27)11-17-7-9-21(29)23(13-17)33-5/h6-13,28-29H,14-15H2,1-5H3/b18-10+,19-11+. The van der Waals surface area contributed by atoms with E-state index in [2.05, 4.69) is 0 Å². The average Bonchev–Trinajstić information content (AvgIpc) is 2.77. The summed E-state index contributed by atoms with van der Waals surface area (Å²) in [6, 6.07) is 9.47. The summed E-state index contributed by atoms with van der Waals surface area (Å²) in [5.74, 6) is 0.287. The smallest absolute Gasteiger partial charge is 0.410 e. The molecule has 1 aliphatic heterocycles. The predicted molar refractivity (Wildman–Crippen MR) is 128 cm³/mol. The highest BCUT2D eigenvalue weighted by molar-refractivity contribution is 6.15. The lowest BCUT2D eigenvalue weighted by Gasteiger charge is -2.32. The minimum Gasteiger partial charge on any atom is -0.504 e. The predicted octanol–water partition coefficient (Wildman–Crippen LogP) is 4.40. The Morgan fingerprint density at radius 2 is 1.32 bits per heavy atom. The van der Waals surface area contributed by atoms with E-state index in [4.69, 9.17) is 14.2 Å². The summed E-state index contributed by atoms with van der Waals surface area (Å²) < 4.78 is 15.8. The van der Waals surface area contributed by atoms with Gasteiger partial charge in [-0.15, -0.1) is 0 Å². The molecule has 0 saturated carbocycles. The molecule has 0 aliphatic carbocycles. The number of Topliss-reactive ketones (excluding diaryl/α,β-unsaturated/α-hetero) is 1. The molecule has 2 N–H and O–H groups in total. The fraction of sp³-hybridized carbons (Fsp3) is 0.308. The van der Waals surface area contributed by atoms with Crippen molar-refractivity contribution in [2.24, 2.45) is 0 Å². The van der Waals surface area contributed by atoms with E-state index in [1.807, 2.05) is 0 Å². The van der Waals surface area contributed by atoms with Gasteiger partial charge >= 0.3 is 6.09 Å². The Labute approximate surface area is 198 Å². The molecular formula is C26H29NO7. The Kier molecular flexibility index (Phi) is 7.20. The molecule has 1 fully saturated rings. The molecule has 0 spiro atoms. The van der Waals surface area contributed by atoms with Crippen molar-refractivity contribution in [3.63, 3.8) is 0 Å². The molecule has 0 radical (unpaired) electrons. The lowest BCUT2D eigenvalue weighted by Crippen LogP contribution is -2.44. The second-order valence-corrected chi connectivity index (χ2v) is 8.87. The lowest BCUT2D eigenvalue weighted by atomic mass is 9.94. The van der Waals surface area contributed by atoms with E-state index in [-0.39, 0.29) is 41.9 Å². The Morgan fingerprint density at radius 3 is 1.71 bits per heavy atom. The van der Waals surface area contributed by atoms with Crippen molar-refractivity contribution in [1.82, 2.24) is 4.90 Å². The van der Waals surface area contributed by atoms with E-state index < -0.39 is 11.7 Å². The fourth-order valence-corrected chi connectivity index (χ4v) is 3.47. The van der Waals surface area contributed by atoms with E-state index >= 15 is 0 Å². The third kappa shape index (κ3) is 5.89. The minimum absolute atomic E-state index is 0.0168. The molecule has 1 heterocycles. The second-order valence-electron chi connectivity index (χ2n) is 8.87. The van der Waals surface area contributed by atoms with Crippen LogP contribution in [0.5, 0.6) is 23.0 Å². The SMILES string of the molecule is COc1cc(/C=C2\CN(C(=O)OC(C)(C)C)C/C(=C\c3ccc(O)c(OC)c3)C2=O)ccc1O. The van der Waals surface area contributed by atoms with Crippen LogP contribution < -0.4 is 9.47 Å². The van der Waals surface area contributed by atoms with Crippen molar-refractivity contribution in [2.45, 2.75) is 26.4 Å². The monoisotopic (exact) mass is 467 g/mol. The highest BCUT2D eigenvalue weighted by Gasteiger charge is 2.32. The maximum Gasteiger partial charge on any atom is 0.410 e. The first-order valence-corrected chi connectivity index (χ1v) is 10.7. The van der Waals surface area contributed by atoms with Crippen molar-refractivity contribution >= 4 is 24.0 Å². The number of piperidine rings is 1. The van der Waals surface area contributed by atoms with Crippen LogP contribution in [0.1, 0.15) is 31.9 Å². The summed E-state index contributed by atoms with van der Waals surface area (Å²) in [4.78, 5) is 27.7. The van der Waals surface area contributed by atoms with Crippen molar-refractivity contribution in [3.05, 3.63) is 58.7 Å². The first kappa shape index (κ1) is 24.7. The number of carbonyl (C=O) groups is 2. The van der Waals surface area contributed by atoms with Gasteiger partial charge in [-0.2, -0.15) is 0 Å². The number of hydrogen-bond acceptors (Lipinski definition) is 7. The molecule has 1 aliphatic rings. The molecule has 1 saturated heterocycles. The molecule has 2 aromatic carbocycles. The number of ketones is 1. The van der Waals surface area contributed by atoms with Crippen LogP contribution in [-0.4, -0.2) is 59.9 Å². The molecule has 8 nitrogen and oxygen atoms in total. The summed E-state index contributed by atoms with van der Waals surface area (Å²) >= 11 is 0. The number of ether oxygens (including phenoxy) is 3.